The van der Waals surface area contributed by atoms with Crippen molar-refractivity contribution >= 4 is 0 Å². The molecule has 2 fully saturated rings. The quantitative estimate of drug-likeness (QED) is 0.720. The summed E-state index contributed by atoms with van der Waals surface area (Å²) in [6.07, 6.45) is 4.68. The van der Waals surface area contributed by atoms with Crippen molar-refractivity contribution in [3.63, 3.8) is 0 Å². The Kier molecular flexibility index (Phi) is 5.22. The minimum Gasteiger partial charge on any atom is -0.394 e. The molecule has 0 aromatic carbocycles. The second-order valence-electron chi connectivity index (χ2n) is 5.59. The van der Waals surface area contributed by atoms with Gasteiger partial charge in [0.25, 0.3) is 0 Å². The number of hydrogen-bond donors (Lipinski definition) is 2. The summed E-state index contributed by atoms with van der Waals surface area (Å²) in [5.74, 6) is 0.843. The van der Waals surface area contributed by atoms with Crippen molar-refractivity contribution in [3.8, 4) is 0 Å². The molecule has 0 saturated carbocycles. The van der Waals surface area contributed by atoms with E-state index in [0.29, 0.717) is 6.54 Å². The second kappa shape index (κ2) is 6.69. The van der Waals surface area contributed by atoms with E-state index in [-0.39, 0.29) is 6.61 Å². The van der Waals surface area contributed by atoms with E-state index in [1.54, 1.807) is 0 Å². The summed E-state index contributed by atoms with van der Waals surface area (Å²) in [6, 6.07) is 0. The normalized spacial score (nSPS) is 26.5. The number of rotatable bonds is 5. The molecule has 100 valence electrons. The highest BCUT2D eigenvalue weighted by molar-refractivity contribution is 4.78. The first kappa shape index (κ1) is 13.3. The molecular formula is C13H26N2O2. The van der Waals surface area contributed by atoms with Gasteiger partial charge in [-0.05, 0) is 57.8 Å². The summed E-state index contributed by atoms with van der Waals surface area (Å²) in [5.41, 5.74) is 0. The molecule has 1 atom stereocenters. The van der Waals surface area contributed by atoms with Crippen LogP contribution >= 0.6 is 0 Å². The highest BCUT2D eigenvalue weighted by atomic mass is 16.3. The zero-order valence-corrected chi connectivity index (χ0v) is 10.7. The summed E-state index contributed by atoms with van der Waals surface area (Å²) in [4.78, 5) is 4.88. The van der Waals surface area contributed by atoms with Crippen LogP contribution in [0.2, 0.25) is 0 Å². The first-order valence-electron chi connectivity index (χ1n) is 7.01. The predicted octanol–water partition coefficient (Wildman–Crippen LogP) is 0.147. The fourth-order valence-electron chi connectivity index (χ4n) is 3.04. The molecule has 4 nitrogen and oxygen atoms in total. The monoisotopic (exact) mass is 242 g/mol. The van der Waals surface area contributed by atoms with Gasteiger partial charge in [0.15, 0.2) is 0 Å². The minimum absolute atomic E-state index is 0.117. The van der Waals surface area contributed by atoms with Crippen molar-refractivity contribution in [2.45, 2.75) is 31.8 Å². The summed E-state index contributed by atoms with van der Waals surface area (Å²) in [6.45, 7) is 6.54. The Bertz CT molecular complexity index is 211. The smallest absolute Gasteiger partial charge is 0.0897 e. The average molecular weight is 242 g/mol. The number of piperidine rings is 1. The summed E-state index contributed by atoms with van der Waals surface area (Å²) < 4.78 is 0. The zero-order valence-electron chi connectivity index (χ0n) is 10.7. The van der Waals surface area contributed by atoms with Crippen LogP contribution in [0.1, 0.15) is 25.7 Å². The predicted molar refractivity (Wildman–Crippen MR) is 67.9 cm³/mol. The number of likely N-dealkylation sites (tertiary alicyclic amines) is 2. The van der Waals surface area contributed by atoms with E-state index in [2.05, 4.69) is 9.80 Å². The van der Waals surface area contributed by atoms with Gasteiger partial charge in [-0.1, -0.05) is 0 Å². The maximum Gasteiger partial charge on any atom is 0.0897 e. The second-order valence-corrected chi connectivity index (χ2v) is 5.59. The highest BCUT2D eigenvalue weighted by Crippen LogP contribution is 2.20. The first-order valence-corrected chi connectivity index (χ1v) is 7.01. The van der Waals surface area contributed by atoms with Crippen molar-refractivity contribution in [1.82, 2.24) is 9.80 Å². The van der Waals surface area contributed by atoms with E-state index in [1.165, 1.54) is 45.3 Å². The van der Waals surface area contributed by atoms with Gasteiger partial charge in [-0.25, -0.2) is 0 Å². The molecule has 0 radical (unpaired) electrons. The maximum absolute atomic E-state index is 9.41. The number of hydrogen-bond acceptors (Lipinski definition) is 4. The van der Waals surface area contributed by atoms with Crippen LogP contribution in [0, 0.1) is 5.92 Å². The van der Waals surface area contributed by atoms with E-state index in [9.17, 15) is 5.11 Å². The van der Waals surface area contributed by atoms with Crippen LogP contribution in [0.15, 0.2) is 0 Å². The molecule has 2 aliphatic rings. The molecule has 2 aliphatic heterocycles. The van der Waals surface area contributed by atoms with Crippen LogP contribution in [-0.4, -0.2) is 72.0 Å². The fraction of sp³-hybridized carbons (Fsp3) is 1.00. The summed E-state index contributed by atoms with van der Waals surface area (Å²) in [5, 5.41) is 18.2. The van der Waals surface area contributed by atoms with Crippen LogP contribution in [0.3, 0.4) is 0 Å². The maximum atomic E-state index is 9.41. The van der Waals surface area contributed by atoms with E-state index < -0.39 is 6.10 Å². The lowest BCUT2D eigenvalue weighted by Gasteiger charge is -2.34. The van der Waals surface area contributed by atoms with Crippen LogP contribution in [0.25, 0.3) is 0 Å². The van der Waals surface area contributed by atoms with Gasteiger partial charge in [0, 0.05) is 13.1 Å². The Labute approximate surface area is 104 Å². The van der Waals surface area contributed by atoms with Crippen molar-refractivity contribution < 1.29 is 10.2 Å². The Balaban J connectivity index is 1.63. The Morgan fingerprint density at radius 2 is 1.65 bits per heavy atom. The molecule has 0 amide bonds. The molecule has 2 rings (SSSR count). The molecule has 1 unspecified atom stereocenters. The molecule has 17 heavy (non-hydrogen) atoms. The molecule has 0 aromatic rings. The van der Waals surface area contributed by atoms with Gasteiger partial charge >= 0.3 is 0 Å². The topological polar surface area (TPSA) is 46.9 Å². The minimum atomic E-state index is -0.565. The lowest BCUT2D eigenvalue weighted by molar-refractivity contribution is 0.0449. The van der Waals surface area contributed by atoms with Crippen LogP contribution < -0.4 is 0 Å². The molecular weight excluding hydrogens is 216 g/mol. The van der Waals surface area contributed by atoms with Crippen molar-refractivity contribution in [2.24, 2.45) is 5.92 Å². The molecule has 0 aliphatic carbocycles. The Morgan fingerprint density at radius 3 is 2.24 bits per heavy atom. The number of aliphatic hydroxyl groups is 2. The first-order chi connectivity index (χ1) is 8.28. The van der Waals surface area contributed by atoms with Gasteiger partial charge in [0.1, 0.15) is 0 Å². The van der Waals surface area contributed by atoms with Crippen molar-refractivity contribution in [1.29, 1.82) is 0 Å². The van der Waals surface area contributed by atoms with Gasteiger partial charge in [0.2, 0.25) is 0 Å². The highest BCUT2D eigenvalue weighted by Gasteiger charge is 2.23. The molecule has 2 N–H and O–H groups in total. The average Bonchev–Trinajstić information content (AvgIpc) is 2.84. The van der Waals surface area contributed by atoms with Crippen LogP contribution in [0.5, 0.6) is 0 Å². The summed E-state index contributed by atoms with van der Waals surface area (Å²) in [7, 11) is 0. The van der Waals surface area contributed by atoms with E-state index in [0.717, 1.165) is 19.0 Å². The number of aliphatic hydroxyl groups excluding tert-OH is 2. The van der Waals surface area contributed by atoms with Crippen LogP contribution in [0.4, 0.5) is 0 Å². The number of β-amino-alcohol motifs (C(OH)–C–C–N with tert-alkyl or cyclic N) is 1. The van der Waals surface area contributed by atoms with Gasteiger partial charge in [-0.2, -0.15) is 0 Å². The van der Waals surface area contributed by atoms with Crippen molar-refractivity contribution in [3.05, 3.63) is 0 Å². The van der Waals surface area contributed by atoms with Gasteiger partial charge in [-0.3, -0.25) is 0 Å². The molecule has 0 bridgehead atoms. The molecule has 4 heteroatoms. The van der Waals surface area contributed by atoms with E-state index in [1.807, 2.05) is 0 Å². The molecule has 0 aromatic heterocycles. The third-order valence-electron chi connectivity index (χ3n) is 4.10. The van der Waals surface area contributed by atoms with Gasteiger partial charge in [0.05, 0.1) is 12.7 Å². The summed E-state index contributed by atoms with van der Waals surface area (Å²) >= 11 is 0. The lowest BCUT2D eigenvalue weighted by Crippen LogP contribution is -2.42. The fourth-order valence-corrected chi connectivity index (χ4v) is 3.04. The third kappa shape index (κ3) is 4.21. The molecule has 2 saturated heterocycles. The standard InChI is InChI=1S/C13H26N2O2/c16-11-13(17)10-15-7-3-12(4-8-15)9-14-5-1-2-6-14/h12-13,16-17H,1-11H2. The van der Waals surface area contributed by atoms with Crippen molar-refractivity contribution in [2.75, 3.05) is 45.9 Å². The van der Waals surface area contributed by atoms with E-state index >= 15 is 0 Å². The number of nitrogens with zero attached hydrogens (tertiary/aromatic N) is 2. The molecule has 2 heterocycles. The van der Waals surface area contributed by atoms with E-state index in [4.69, 9.17) is 5.11 Å². The zero-order chi connectivity index (χ0) is 12.1. The van der Waals surface area contributed by atoms with Crippen LogP contribution in [-0.2, 0) is 0 Å². The Morgan fingerprint density at radius 1 is 1.00 bits per heavy atom. The Hall–Kier alpha value is -0.160. The van der Waals surface area contributed by atoms with Gasteiger partial charge in [-0.15, -0.1) is 0 Å². The molecule has 0 spiro atoms. The van der Waals surface area contributed by atoms with Gasteiger partial charge < -0.3 is 20.0 Å². The largest absolute Gasteiger partial charge is 0.394 e. The SMILES string of the molecule is OCC(O)CN1CCC(CN2CCCC2)CC1. The third-order valence-corrected chi connectivity index (χ3v) is 4.10. The lowest BCUT2D eigenvalue weighted by atomic mass is 9.96.